The number of ether oxygens (including phenoxy) is 2. The Bertz CT molecular complexity index is 1310. The zero-order valence-corrected chi connectivity index (χ0v) is 20.9. The van der Waals surface area contributed by atoms with Gasteiger partial charge in [-0.25, -0.2) is 9.18 Å². The molecule has 0 unspecified atom stereocenters. The third kappa shape index (κ3) is 5.71. The number of aryl methyl sites for hydroxylation is 1. The minimum absolute atomic E-state index is 0.0860. The van der Waals surface area contributed by atoms with Crippen LogP contribution in [0, 0.1) is 12.7 Å². The molecule has 0 aliphatic carbocycles. The summed E-state index contributed by atoms with van der Waals surface area (Å²) in [4.78, 5) is 26.3. The molecular formula is C27H24BrFN2O4. The summed E-state index contributed by atoms with van der Waals surface area (Å²) < 4.78 is 26.5. The van der Waals surface area contributed by atoms with Crippen LogP contribution in [-0.2, 0) is 17.9 Å². The number of amides is 3. The normalized spacial score (nSPS) is 14.4. The van der Waals surface area contributed by atoms with E-state index in [2.05, 4.69) is 27.3 Å². The molecule has 0 aromatic heterocycles. The van der Waals surface area contributed by atoms with E-state index >= 15 is 0 Å². The molecule has 3 aromatic carbocycles. The van der Waals surface area contributed by atoms with Gasteiger partial charge in [0.2, 0.25) is 0 Å². The van der Waals surface area contributed by atoms with E-state index < -0.39 is 17.8 Å². The highest BCUT2D eigenvalue weighted by Gasteiger charge is 2.34. The molecule has 0 atom stereocenters. The van der Waals surface area contributed by atoms with Crippen molar-refractivity contribution in [2.24, 2.45) is 0 Å². The number of nitrogens with one attached hydrogen (secondary N) is 1. The van der Waals surface area contributed by atoms with Gasteiger partial charge >= 0.3 is 6.03 Å². The molecule has 0 radical (unpaired) electrons. The van der Waals surface area contributed by atoms with Crippen molar-refractivity contribution in [2.75, 3.05) is 6.61 Å². The van der Waals surface area contributed by atoms with Gasteiger partial charge in [0.05, 0.1) is 13.2 Å². The first-order valence-corrected chi connectivity index (χ1v) is 11.9. The van der Waals surface area contributed by atoms with E-state index in [1.807, 2.05) is 32.0 Å². The zero-order valence-electron chi connectivity index (χ0n) is 19.3. The van der Waals surface area contributed by atoms with E-state index in [-0.39, 0.29) is 17.8 Å². The van der Waals surface area contributed by atoms with E-state index in [1.165, 1.54) is 12.1 Å². The third-order valence-corrected chi connectivity index (χ3v) is 6.07. The first kappa shape index (κ1) is 24.5. The third-order valence-electron chi connectivity index (χ3n) is 5.39. The maximum absolute atomic E-state index is 14.0. The second-order valence-electron chi connectivity index (χ2n) is 8.00. The molecule has 4 rings (SSSR count). The number of benzene rings is 3. The van der Waals surface area contributed by atoms with Gasteiger partial charge in [-0.3, -0.25) is 9.69 Å². The smallest absolute Gasteiger partial charge is 0.329 e. The topological polar surface area (TPSA) is 67.9 Å². The number of halogens is 2. The number of carbonyl (C=O) groups excluding carboxylic acids is 2. The molecule has 0 saturated carbocycles. The standard InChI is InChI=1S/C27H24BrFN2O4/c1-3-34-24-13-20(21(28)14-25(24)35-16-18-8-6-7-17(2)11-18)12-23-26(32)31(27(33)30-23)15-19-9-4-5-10-22(19)29/h4-14H,3,15-16H2,1-2H3,(H,30,33)/b23-12+. The summed E-state index contributed by atoms with van der Waals surface area (Å²) in [5, 5.41) is 2.57. The van der Waals surface area contributed by atoms with Gasteiger partial charge < -0.3 is 14.8 Å². The van der Waals surface area contributed by atoms with Crippen LogP contribution in [0.15, 0.2) is 70.8 Å². The largest absolute Gasteiger partial charge is 0.490 e. The Morgan fingerprint density at radius 1 is 1.03 bits per heavy atom. The summed E-state index contributed by atoms with van der Waals surface area (Å²) in [6.07, 6.45) is 1.55. The average molecular weight is 539 g/mol. The number of hydrogen-bond donors (Lipinski definition) is 1. The molecule has 0 spiro atoms. The quantitative estimate of drug-likeness (QED) is 0.283. The fourth-order valence-corrected chi connectivity index (χ4v) is 4.11. The molecule has 3 aromatic rings. The molecular weight excluding hydrogens is 515 g/mol. The SMILES string of the molecule is CCOc1cc(/C=C2/NC(=O)N(Cc3ccccc3F)C2=O)c(Br)cc1OCc1cccc(C)c1. The van der Waals surface area contributed by atoms with Gasteiger partial charge in [0, 0.05) is 10.0 Å². The van der Waals surface area contributed by atoms with Gasteiger partial charge in [-0.1, -0.05) is 64.0 Å². The van der Waals surface area contributed by atoms with E-state index in [9.17, 15) is 14.0 Å². The fraction of sp³-hybridized carbons (Fsp3) is 0.185. The molecule has 6 nitrogen and oxygen atoms in total. The second kappa shape index (κ2) is 10.7. The van der Waals surface area contributed by atoms with Gasteiger partial charge in [-0.15, -0.1) is 0 Å². The number of nitrogens with zero attached hydrogens (tertiary/aromatic N) is 1. The maximum atomic E-state index is 14.0. The first-order chi connectivity index (χ1) is 16.9. The van der Waals surface area contributed by atoms with Crippen LogP contribution >= 0.6 is 15.9 Å². The van der Waals surface area contributed by atoms with Crippen LogP contribution in [-0.4, -0.2) is 23.4 Å². The summed E-state index contributed by atoms with van der Waals surface area (Å²) in [5.74, 6) is 0.0410. The predicted molar refractivity (Wildman–Crippen MR) is 134 cm³/mol. The maximum Gasteiger partial charge on any atom is 0.329 e. The van der Waals surface area contributed by atoms with Crippen LogP contribution in [0.4, 0.5) is 9.18 Å². The van der Waals surface area contributed by atoms with Gasteiger partial charge in [-0.2, -0.15) is 0 Å². The van der Waals surface area contributed by atoms with Crippen molar-refractivity contribution in [3.8, 4) is 11.5 Å². The van der Waals surface area contributed by atoms with E-state index in [1.54, 1.807) is 30.3 Å². The van der Waals surface area contributed by atoms with Crippen molar-refractivity contribution < 1.29 is 23.5 Å². The van der Waals surface area contributed by atoms with Crippen molar-refractivity contribution in [1.29, 1.82) is 0 Å². The summed E-state index contributed by atoms with van der Waals surface area (Å²) in [6, 6.07) is 17.0. The number of rotatable bonds is 8. The summed E-state index contributed by atoms with van der Waals surface area (Å²) in [6.45, 7) is 4.52. The highest BCUT2D eigenvalue weighted by Crippen LogP contribution is 2.36. The lowest BCUT2D eigenvalue weighted by Crippen LogP contribution is -2.30. The molecule has 1 fully saturated rings. The highest BCUT2D eigenvalue weighted by molar-refractivity contribution is 9.10. The molecule has 1 heterocycles. The van der Waals surface area contributed by atoms with E-state index in [0.717, 1.165) is 16.0 Å². The lowest BCUT2D eigenvalue weighted by Gasteiger charge is -2.14. The monoisotopic (exact) mass is 538 g/mol. The molecule has 180 valence electrons. The molecule has 1 N–H and O–H groups in total. The van der Waals surface area contributed by atoms with Crippen molar-refractivity contribution in [3.05, 3.63) is 98.9 Å². The Morgan fingerprint density at radius 3 is 2.54 bits per heavy atom. The van der Waals surface area contributed by atoms with Crippen molar-refractivity contribution in [1.82, 2.24) is 10.2 Å². The molecule has 8 heteroatoms. The Morgan fingerprint density at radius 2 is 1.80 bits per heavy atom. The van der Waals surface area contributed by atoms with Crippen LogP contribution in [0.25, 0.3) is 6.08 Å². The molecule has 1 saturated heterocycles. The fourth-order valence-electron chi connectivity index (χ4n) is 3.67. The zero-order chi connectivity index (χ0) is 24.9. The van der Waals surface area contributed by atoms with Crippen LogP contribution in [0.2, 0.25) is 0 Å². The Labute approximate surface area is 211 Å². The Hall–Kier alpha value is -3.65. The summed E-state index contributed by atoms with van der Waals surface area (Å²) in [7, 11) is 0. The summed E-state index contributed by atoms with van der Waals surface area (Å²) in [5.41, 5.74) is 3.14. The molecule has 0 bridgehead atoms. The molecule has 35 heavy (non-hydrogen) atoms. The van der Waals surface area contributed by atoms with Gasteiger partial charge in [-0.05, 0) is 49.2 Å². The Kier molecular flexibility index (Phi) is 7.51. The first-order valence-electron chi connectivity index (χ1n) is 11.1. The Balaban J connectivity index is 1.56. The minimum Gasteiger partial charge on any atom is -0.490 e. The number of urea groups is 1. The van der Waals surface area contributed by atoms with Crippen molar-refractivity contribution >= 4 is 33.9 Å². The van der Waals surface area contributed by atoms with Crippen LogP contribution < -0.4 is 14.8 Å². The molecule has 1 aliphatic heterocycles. The lowest BCUT2D eigenvalue weighted by atomic mass is 10.1. The second-order valence-corrected chi connectivity index (χ2v) is 8.86. The highest BCUT2D eigenvalue weighted by atomic mass is 79.9. The number of carbonyl (C=O) groups is 2. The minimum atomic E-state index is -0.608. The van der Waals surface area contributed by atoms with E-state index in [0.29, 0.717) is 34.7 Å². The molecule has 3 amide bonds. The predicted octanol–water partition coefficient (Wildman–Crippen LogP) is 5.97. The van der Waals surface area contributed by atoms with E-state index in [4.69, 9.17) is 9.47 Å². The van der Waals surface area contributed by atoms with Crippen molar-refractivity contribution in [2.45, 2.75) is 27.0 Å². The molecule has 1 aliphatic rings. The average Bonchev–Trinajstić information content (AvgIpc) is 3.09. The lowest BCUT2D eigenvalue weighted by molar-refractivity contribution is -0.123. The van der Waals surface area contributed by atoms with Crippen LogP contribution in [0.5, 0.6) is 11.5 Å². The van der Waals surface area contributed by atoms with Gasteiger partial charge in [0.1, 0.15) is 18.1 Å². The van der Waals surface area contributed by atoms with Gasteiger partial charge in [0.15, 0.2) is 11.5 Å². The number of imide groups is 1. The van der Waals surface area contributed by atoms with Crippen LogP contribution in [0.3, 0.4) is 0 Å². The van der Waals surface area contributed by atoms with Gasteiger partial charge in [0.25, 0.3) is 5.91 Å². The van der Waals surface area contributed by atoms with Crippen molar-refractivity contribution in [3.63, 3.8) is 0 Å². The van der Waals surface area contributed by atoms with Crippen LogP contribution in [0.1, 0.15) is 29.2 Å². The summed E-state index contributed by atoms with van der Waals surface area (Å²) >= 11 is 3.52. The number of hydrogen-bond acceptors (Lipinski definition) is 4.